The van der Waals surface area contributed by atoms with Crippen molar-refractivity contribution >= 4 is 11.3 Å². The molecule has 0 aliphatic carbocycles. The van der Waals surface area contributed by atoms with Crippen LogP contribution in [0.4, 0.5) is 0 Å². The minimum absolute atomic E-state index is 0.114. The maximum absolute atomic E-state index is 10.2. The van der Waals surface area contributed by atoms with Crippen LogP contribution >= 0.6 is 11.3 Å². The van der Waals surface area contributed by atoms with Crippen LogP contribution in [0.3, 0.4) is 0 Å². The lowest BCUT2D eigenvalue weighted by Crippen LogP contribution is -2.42. The maximum atomic E-state index is 10.2. The molecular formula is C11H17NOS. The van der Waals surface area contributed by atoms with Gasteiger partial charge in [-0.1, -0.05) is 0 Å². The molecule has 3 heteroatoms. The van der Waals surface area contributed by atoms with Crippen molar-refractivity contribution in [2.45, 2.75) is 38.3 Å². The van der Waals surface area contributed by atoms with Crippen molar-refractivity contribution < 1.29 is 5.11 Å². The van der Waals surface area contributed by atoms with Gasteiger partial charge in [-0.05, 0) is 45.4 Å². The molecule has 1 aliphatic heterocycles. The highest BCUT2D eigenvalue weighted by Crippen LogP contribution is 2.35. The molecule has 0 radical (unpaired) electrons. The van der Waals surface area contributed by atoms with E-state index in [2.05, 4.69) is 25.2 Å². The molecule has 1 fully saturated rings. The van der Waals surface area contributed by atoms with Gasteiger partial charge in [0.15, 0.2) is 0 Å². The Kier molecular flexibility index (Phi) is 2.64. The van der Waals surface area contributed by atoms with E-state index in [-0.39, 0.29) is 11.6 Å². The quantitative estimate of drug-likeness (QED) is 0.786. The summed E-state index contributed by atoms with van der Waals surface area (Å²) in [6.45, 7) is 5.21. The van der Waals surface area contributed by atoms with Gasteiger partial charge in [0.05, 0.1) is 0 Å². The summed E-state index contributed by atoms with van der Waals surface area (Å²) in [5, 5.41) is 13.6. The van der Waals surface area contributed by atoms with E-state index >= 15 is 0 Å². The summed E-state index contributed by atoms with van der Waals surface area (Å²) in [5.41, 5.74) is -0.114. The van der Waals surface area contributed by atoms with E-state index in [0.29, 0.717) is 0 Å². The molecule has 0 aromatic carbocycles. The molecule has 1 aromatic rings. The Bertz CT molecular complexity index is 315. The van der Waals surface area contributed by atoms with Crippen molar-refractivity contribution in [3.05, 3.63) is 21.9 Å². The second-order valence-corrected chi connectivity index (χ2v) is 5.62. The molecule has 2 rings (SSSR count). The van der Waals surface area contributed by atoms with Gasteiger partial charge in [0.2, 0.25) is 0 Å². The van der Waals surface area contributed by atoms with Crippen molar-refractivity contribution in [3.8, 4) is 0 Å². The third-order valence-electron chi connectivity index (χ3n) is 3.04. The lowest BCUT2D eigenvalue weighted by Gasteiger charge is -2.29. The highest BCUT2D eigenvalue weighted by molar-refractivity contribution is 7.12. The molecule has 0 amide bonds. The zero-order valence-corrected chi connectivity index (χ0v) is 9.53. The van der Waals surface area contributed by atoms with Crippen molar-refractivity contribution in [3.63, 3.8) is 0 Å². The fourth-order valence-electron chi connectivity index (χ4n) is 2.07. The summed E-state index contributed by atoms with van der Waals surface area (Å²) >= 11 is 1.69. The SMILES string of the molecule is Cc1ccc(C(O)C2(C)CCCN2)s1. The molecule has 2 heterocycles. The van der Waals surface area contributed by atoms with Gasteiger partial charge < -0.3 is 10.4 Å². The summed E-state index contributed by atoms with van der Waals surface area (Å²) in [7, 11) is 0. The van der Waals surface area contributed by atoms with E-state index in [4.69, 9.17) is 0 Å². The molecule has 78 valence electrons. The van der Waals surface area contributed by atoms with Crippen LogP contribution in [-0.4, -0.2) is 17.2 Å². The first kappa shape index (κ1) is 10.1. The molecule has 14 heavy (non-hydrogen) atoms. The molecule has 2 nitrogen and oxygen atoms in total. The van der Waals surface area contributed by atoms with Gasteiger partial charge in [0, 0.05) is 15.3 Å². The van der Waals surface area contributed by atoms with E-state index in [1.54, 1.807) is 11.3 Å². The normalized spacial score (nSPS) is 29.4. The van der Waals surface area contributed by atoms with Gasteiger partial charge >= 0.3 is 0 Å². The minimum atomic E-state index is -0.358. The van der Waals surface area contributed by atoms with Gasteiger partial charge in [-0.2, -0.15) is 0 Å². The first-order valence-corrected chi connectivity index (χ1v) is 5.93. The first-order valence-electron chi connectivity index (χ1n) is 5.11. The van der Waals surface area contributed by atoms with Crippen LogP contribution in [-0.2, 0) is 0 Å². The smallest absolute Gasteiger partial charge is 0.106 e. The molecule has 2 atom stereocenters. The lowest BCUT2D eigenvalue weighted by atomic mass is 9.92. The number of aliphatic hydroxyl groups excluding tert-OH is 1. The standard InChI is InChI=1S/C11H17NOS/c1-8-4-5-9(14-8)10(13)11(2)6-3-7-12-11/h4-5,10,12-13H,3,6-7H2,1-2H3. The van der Waals surface area contributed by atoms with E-state index < -0.39 is 0 Å². The van der Waals surface area contributed by atoms with Crippen LogP contribution in [0.2, 0.25) is 0 Å². The number of hydrogen-bond donors (Lipinski definition) is 2. The maximum Gasteiger partial charge on any atom is 0.106 e. The highest BCUT2D eigenvalue weighted by atomic mass is 32.1. The van der Waals surface area contributed by atoms with E-state index in [1.165, 1.54) is 4.88 Å². The molecule has 0 saturated carbocycles. The summed E-state index contributed by atoms with van der Waals surface area (Å²) in [6.07, 6.45) is 1.87. The van der Waals surface area contributed by atoms with E-state index in [0.717, 1.165) is 24.3 Å². The molecule has 2 N–H and O–H groups in total. The minimum Gasteiger partial charge on any atom is -0.386 e. The molecule has 1 aliphatic rings. The predicted octanol–water partition coefficient (Wildman–Crippen LogP) is 2.23. The van der Waals surface area contributed by atoms with E-state index in [9.17, 15) is 5.11 Å². The third-order valence-corrected chi connectivity index (χ3v) is 4.09. The number of rotatable bonds is 2. The van der Waals surface area contributed by atoms with Crippen molar-refractivity contribution in [2.75, 3.05) is 6.54 Å². The van der Waals surface area contributed by atoms with Gasteiger partial charge in [0.1, 0.15) is 6.10 Å². The fourth-order valence-corrected chi connectivity index (χ4v) is 3.08. The fraction of sp³-hybridized carbons (Fsp3) is 0.636. The monoisotopic (exact) mass is 211 g/mol. The Hall–Kier alpha value is -0.380. The number of aliphatic hydroxyl groups is 1. The van der Waals surface area contributed by atoms with Crippen LogP contribution in [0.5, 0.6) is 0 Å². The molecule has 1 aromatic heterocycles. The van der Waals surface area contributed by atoms with E-state index in [1.807, 2.05) is 6.07 Å². The second kappa shape index (κ2) is 3.65. The number of hydrogen-bond acceptors (Lipinski definition) is 3. The van der Waals surface area contributed by atoms with Gasteiger partial charge in [-0.15, -0.1) is 11.3 Å². The molecule has 1 saturated heterocycles. The van der Waals surface area contributed by atoms with Crippen LogP contribution < -0.4 is 5.32 Å². The molecule has 0 spiro atoms. The first-order chi connectivity index (χ1) is 6.62. The summed E-state index contributed by atoms with van der Waals surface area (Å²) in [5.74, 6) is 0. The molecule has 2 unspecified atom stereocenters. The predicted molar refractivity (Wildman–Crippen MR) is 59.7 cm³/mol. The van der Waals surface area contributed by atoms with Crippen LogP contribution in [0.1, 0.15) is 35.6 Å². The Labute approximate surface area is 89.0 Å². The third kappa shape index (κ3) is 1.72. The average molecular weight is 211 g/mol. The zero-order valence-electron chi connectivity index (χ0n) is 8.71. The number of thiophene rings is 1. The van der Waals surface area contributed by atoms with Crippen LogP contribution in [0.15, 0.2) is 12.1 Å². The topological polar surface area (TPSA) is 32.3 Å². The van der Waals surface area contributed by atoms with Crippen molar-refractivity contribution in [1.29, 1.82) is 0 Å². The Morgan fingerprint density at radius 3 is 2.86 bits per heavy atom. The van der Waals surface area contributed by atoms with Gasteiger partial charge in [-0.3, -0.25) is 0 Å². The lowest BCUT2D eigenvalue weighted by molar-refractivity contribution is 0.0847. The Balaban J connectivity index is 2.18. The van der Waals surface area contributed by atoms with Gasteiger partial charge in [-0.25, -0.2) is 0 Å². The van der Waals surface area contributed by atoms with Gasteiger partial charge in [0.25, 0.3) is 0 Å². The summed E-state index contributed by atoms with van der Waals surface area (Å²) in [6, 6.07) is 4.11. The molecule has 0 bridgehead atoms. The number of aryl methyl sites for hydroxylation is 1. The highest BCUT2D eigenvalue weighted by Gasteiger charge is 2.37. The van der Waals surface area contributed by atoms with Crippen molar-refractivity contribution in [2.24, 2.45) is 0 Å². The van der Waals surface area contributed by atoms with Crippen molar-refractivity contribution in [1.82, 2.24) is 5.32 Å². The molecular weight excluding hydrogens is 194 g/mol. The van der Waals surface area contributed by atoms with Crippen LogP contribution in [0.25, 0.3) is 0 Å². The second-order valence-electron chi connectivity index (χ2n) is 4.30. The van der Waals surface area contributed by atoms with Crippen LogP contribution in [0, 0.1) is 6.92 Å². The Morgan fingerprint density at radius 2 is 2.36 bits per heavy atom. The Morgan fingerprint density at radius 1 is 1.57 bits per heavy atom. The summed E-state index contributed by atoms with van der Waals surface area (Å²) in [4.78, 5) is 2.35. The average Bonchev–Trinajstić information content (AvgIpc) is 2.74. The number of nitrogens with one attached hydrogen (secondary N) is 1. The zero-order chi connectivity index (χ0) is 10.2. The summed E-state index contributed by atoms with van der Waals surface area (Å²) < 4.78 is 0. The largest absolute Gasteiger partial charge is 0.386 e.